The van der Waals surface area contributed by atoms with Gasteiger partial charge >= 0.3 is 0 Å². The molecule has 30 heavy (non-hydrogen) atoms. The van der Waals surface area contributed by atoms with Crippen LogP contribution in [0.1, 0.15) is 46.6 Å². The summed E-state index contributed by atoms with van der Waals surface area (Å²) in [5, 5.41) is 10.8. The number of nitro groups is 1. The van der Waals surface area contributed by atoms with Crippen LogP contribution in [0.25, 0.3) is 11.3 Å². The van der Waals surface area contributed by atoms with Crippen molar-refractivity contribution in [2.24, 2.45) is 4.99 Å². The molecular weight excluding hydrogens is 398 g/mol. The maximum atomic E-state index is 12.7. The van der Waals surface area contributed by atoms with Gasteiger partial charge < -0.3 is 4.57 Å². The summed E-state index contributed by atoms with van der Waals surface area (Å²) in [6, 6.07) is 12.0. The molecule has 0 saturated carbocycles. The Hall–Kier alpha value is -3.06. The predicted octanol–water partition coefficient (Wildman–Crippen LogP) is 5.46. The molecule has 0 aliphatic rings. The molecule has 6 nitrogen and oxygen atoms in total. The van der Waals surface area contributed by atoms with Gasteiger partial charge in [-0.25, -0.2) is 0 Å². The Labute approximate surface area is 179 Å². The number of amides is 1. The van der Waals surface area contributed by atoms with Gasteiger partial charge in [-0.2, -0.15) is 4.99 Å². The van der Waals surface area contributed by atoms with E-state index in [0.29, 0.717) is 16.9 Å². The first kappa shape index (κ1) is 21.6. The van der Waals surface area contributed by atoms with E-state index in [9.17, 15) is 14.9 Å². The second kappa shape index (κ2) is 9.17. The fraction of sp³-hybridized carbons (Fsp3) is 0.304. The summed E-state index contributed by atoms with van der Waals surface area (Å²) in [4.78, 5) is 29.3. The fourth-order valence-electron chi connectivity index (χ4n) is 3.32. The first-order chi connectivity index (χ1) is 14.3. The van der Waals surface area contributed by atoms with Gasteiger partial charge in [-0.05, 0) is 62.1 Å². The lowest BCUT2D eigenvalue weighted by Gasteiger charge is -2.11. The third kappa shape index (κ3) is 4.41. The molecule has 0 bridgehead atoms. The maximum absolute atomic E-state index is 12.7. The highest BCUT2D eigenvalue weighted by Crippen LogP contribution is 2.29. The zero-order valence-electron chi connectivity index (χ0n) is 17.6. The van der Waals surface area contributed by atoms with Crippen LogP contribution in [-0.4, -0.2) is 15.4 Å². The van der Waals surface area contributed by atoms with Gasteiger partial charge in [0.25, 0.3) is 11.6 Å². The Bertz CT molecular complexity index is 1160. The number of thiazole rings is 1. The lowest BCUT2D eigenvalue weighted by Crippen LogP contribution is -2.17. The zero-order valence-corrected chi connectivity index (χ0v) is 18.5. The quantitative estimate of drug-likeness (QED) is 0.390. The Morgan fingerprint density at radius 1 is 1.10 bits per heavy atom. The third-order valence-electron chi connectivity index (χ3n) is 5.08. The monoisotopic (exact) mass is 423 g/mol. The van der Waals surface area contributed by atoms with Crippen molar-refractivity contribution in [2.75, 3.05) is 0 Å². The summed E-state index contributed by atoms with van der Waals surface area (Å²) in [5.41, 5.74) is 5.00. The van der Waals surface area contributed by atoms with E-state index < -0.39 is 10.8 Å². The molecule has 0 N–H and O–H groups in total. The second-order valence-electron chi connectivity index (χ2n) is 7.17. The summed E-state index contributed by atoms with van der Waals surface area (Å²) in [6.07, 6.45) is 1.91. The number of nitro benzene ring substituents is 1. The van der Waals surface area contributed by atoms with Crippen molar-refractivity contribution in [3.8, 4) is 11.3 Å². The minimum Gasteiger partial charge on any atom is -0.316 e. The van der Waals surface area contributed by atoms with Crippen LogP contribution in [-0.2, 0) is 13.0 Å². The second-order valence-corrected chi connectivity index (χ2v) is 8.23. The van der Waals surface area contributed by atoms with Gasteiger partial charge in [0.05, 0.1) is 10.6 Å². The molecule has 1 amide bonds. The van der Waals surface area contributed by atoms with Crippen LogP contribution in [0.2, 0.25) is 0 Å². The average Bonchev–Trinajstić information content (AvgIpc) is 3.07. The van der Waals surface area contributed by atoms with Crippen LogP contribution < -0.4 is 4.80 Å². The number of non-ortho nitro benzene ring substituents is 1. The summed E-state index contributed by atoms with van der Waals surface area (Å²) in [7, 11) is 0. The SMILES string of the molecule is CCCc1sc(=NC(=O)c2ccc([N+](=O)[O-])cc2)n(CC)c1-c1ccc(C)c(C)c1. The minimum atomic E-state index is -0.484. The van der Waals surface area contributed by atoms with E-state index >= 15 is 0 Å². The molecule has 0 aliphatic carbocycles. The smallest absolute Gasteiger partial charge is 0.279 e. The zero-order chi connectivity index (χ0) is 21.8. The predicted molar refractivity (Wildman–Crippen MR) is 120 cm³/mol. The lowest BCUT2D eigenvalue weighted by molar-refractivity contribution is -0.384. The number of hydrogen-bond acceptors (Lipinski definition) is 4. The van der Waals surface area contributed by atoms with Crippen LogP contribution in [0.3, 0.4) is 0 Å². The van der Waals surface area contributed by atoms with Crippen molar-refractivity contribution in [2.45, 2.75) is 47.1 Å². The number of aryl methyl sites for hydroxylation is 3. The number of aromatic nitrogens is 1. The lowest BCUT2D eigenvalue weighted by atomic mass is 10.0. The molecule has 0 unspecified atom stereocenters. The van der Waals surface area contributed by atoms with E-state index in [1.165, 1.54) is 51.6 Å². The van der Waals surface area contributed by atoms with Gasteiger partial charge in [-0.1, -0.05) is 25.5 Å². The maximum Gasteiger partial charge on any atom is 0.279 e. The molecule has 1 heterocycles. The topological polar surface area (TPSA) is 77.5 Å². The van der Waals surface area contributed by atoms with Crippen molar-refractivity contribution in [1.29, 1.82) is 0 Å². The summed E-state index contributed by atoms with van der Waals surface area (Å²) in [5.74, 6) is -0.400. The highest BCUT2D eigenvalue weighted by atomic mass is 32.1. The summed E-state index contributed by atoms with van der Waals surface area (Å²) < 4.78 is 2.09. The van der Waals surface area contributed by atoms with Gasteiger partial charge in [0.1, 0.15) is 0 Å². The molecule has 3 rings (SSSR count). The molecule has 0 aliphatic heterocycles. The Morgan fingerprint density at radius 2 is 1.80 bits per heavy atom. The van der Waals surface area contributed by atoms with E-state index in [0.717, 1.165) is 24.1 Å². The summed E-state index contributed by atoms with van der Waals surface area (Å²) >= 11 is 1.54. The van der Waals surface area contributed by atoms with Crippen LogP contribution >= 0.6 is 11.3 Å². The molecule has 1 aromatic heterocycles. The fourth-order valence-corrected chi connectivity index (χ4v) is 4.63. The molecule has 0 spiro atoms. The van der Waals surface area contributed by atoms with E-state index in [1.807, 2.05) is 6.92 Å². The largest absolute Gasteiger partial charge is 0.316 e. The van der Waals surface area contributed by atoms with Gasteiger partial charge in [-0.15, -0.1) is 11.3 Å². The average molecular weight is 424 g/mol. The van der Waals surface area contributed by atoms with Crippen LogP contribution in [0, 0.1) is 24.0 Å². The summed E-state index contributed by atoms with van der Waals surface area (Å²) in [6.45, 7) is 9.07. The first-order valence-corrected chi connectivity index (χ1v) is 10.8. The van der Waals surface area contributed by atoms with Crippen molar-refractivity contribution in [3.63, 3.8) is 0 Å². The number of nitrogens with zero attached hydrogens (tertiary/aromatic N) is 3. The molecule has 7 heteroatoms. The van der Waals surface area contributed by atoms with Gasteiger partial charge in [0, 0.05) is 29.1 Å². The first-order valence-electron chi connectivity index (χ1n) is 9.99. The van der Waals surface area contributed by atoms with E-state index in [1.54, 1.807) is 0 Å². The van der Waals surface area contributed by atoms with E-state index in [4.69, 9.17) is 0 Å². The normalized spacial score (nSPS) is 11.7. The van der Waals surface area contributed by atoms with E-state index in [2.05, 4.69) is 48.5 Å². The van der Waals surface area contributed by atoms with Crippen molar-refractivity contribution in [3.05, 3.63) is 78.9 Å². The number of carbonyl (C=O) groups is 1. The number of hydrogen-bond donors (Lipinski definition) is 0. The molecule has 156 valence electrons. The highest BCUT2D eigenvalue weighted by Gasteiger charge is 2.16. The molecule has 0 fully saturated rings. The van der Waals surface area contributed by atoms with Gasteiger partial charge in [-0.3, -0.25) is 14.9 Å². The Balaban J connectivity index is 2.11. The molecule has 0 saturated heterocycles. The van der Waals surface area contributed by atoms with Gasteiger partial charge in [0.15, 0.2) is 4.80 Å². The number of carbonyl (C=O) groups excluding carboxylic acids is 1. The molecule has 2 aromatic carbocycles. The Kier molecular flexibility index (Phi) is 6.62. The molecular formula is C23H25N3O3S. The van der Waals surface area contributed by atoms with Crippen LogP contribution in [0.15, 0.2) is 47.5 Å². The third-order valence-corrected chi connectivity index (χ3v) is 6.21. The van der Waals surface area contributed by atoms with Gasteiger partial charge in [0.2, 0.25) is 0 Å². The number of rotatable bonds is 6. The van der Waals surface area contributed by atoms with Crippen LogP contribution in [0.4, 0.5) is 5.69 Å². The Morgan fingerprint density at radius 3 is 2.37 bits per heavy atom. The highest BCUT2D eigenvalue weighted by molar-refractivity contribution is 7.09. The number of benzene rings is 2. The van der Waals surface area contributed by atoms with Crippen LogP contribution in [0.5, 0.6) is 0 Å². The van der Waals surface area contributed by atoms with Crippen molar-refractivity contribution >= 4 is 22.9 Å². The molecule has 3 aromatic rings. The minimum absolute atomic E-state index is 0.0476. The standard InChI is InChI=1S/C23H25N3O3S/c1-5-7-20-21(18-9-8-15(3)16(4)14-18)25(6-2)23(30-20)24-22(27)17-10-12-19(13-11-17)26(28)29/h8-14H,5-7H2,1-4H3. The van der Waals surface area contributed by atoms with Crippen molar-refractivity contribution in [1.82, 2.24) is 4.57 Å². The molecule has 0 atom stereocenters. The van der Waals surface area contributed by atoms with E-state index in [-0.39, 0.29) is 5.69 Å². The van der Waals surface area contributed by atoms with Crippen molar-refractivity contribution < 1.29 is 9.72 Å². The molecule has 0 radical (unpaired) electrons.